The third kappa shape index (κ3) is 7.99. The molecule has 1 saturated heterocycles. The molecule has 0 spiro atoms. The van der Waals surface area contributed by atoms with E-state index in [4.69, 9.17) is 9.84 Å². The third-order valence-corrected chi connectivity index (χ3v) is 5.41. The largest absolute Gasteiger partial charge is 0.464 e. The van der Waals surface area contributed by atoms with Crippen LogP contribution in [0.25, 0.3) is 0 Å². The standard InChI is InChI=1S/C22H23F6N3O3.ClH/c23-21(24,25)16-9-14(10-17(11-16)22(26,27)28)12-34-18-7-4-8-31(13-29-30-20(32)33)19(18)15-5-2-1-3-6-15;/h1-3,5-6,9-11,18-19,29-30H,4,7-8,12-13H2,(H,32,33);1H. The SMILES string of the molecule is Cl.O=C(O)NNCN1CCCC(OCc2cc(C(F)(F)F)cc(C(F)(F)F)c2)C1c1ccccc1. The minimum Gasteiger partial charge on any atom is -0.464 e. The van der Waals surface area contributed by atoms with E-state index in [0.29, 0.717) is 31.5 Å². The molecule has 2 unspecified atom stereocenters. The molecule has 0 aromatic heterocycles. The van der Waals surface area contributed by atoms with Gasteiger partial charge in [0.1, 0.15) is 0 Å². The van der Waals surface area contributed by atoms with Gasteiger partial charge in [-0.3, -0.25) is 10.3 Å². The van der Waals surface area contributed by atoms with Crippen molar-refractivity contribution in [2.24, 2.45) is 0 Å². The van der Waals surface area contributed by atoms with Crippen LogP contribution < -0.4 is 10.9 Å². The molecule has 0 aliphatic carbocycles. The Morgan fingerprint density at radius 1 is 1.03 bits per heavy atom. The Morgan fingerprint density at radius 2 is 1.63 bits per heavy atom. The Labute approximate surface area is 203 Å². The van der Waals surface area contributed by atoms with Crippen molar-refractivity contribution in [1.82, 2.24) is 15.8 Å². The van der Waals surface area contributed by atoms with E-state index in [2.05, 4.69) is 5.43 Å². The molecule has 13 heteroatoms. The summed E-state index contributed by atoms with van der Waals surface area (Å²) in [7, 11) is 0. The topological polar surface area (TPSA) is 73.8 Å². The van der Waals surface area contributed by atoms with Crippen molar-refractivity contribution in [2.45, 2.75) is 43.9 Å². The van der Waals surface area contributed by atoms with E-state index >= 15 is 0 Å². The summed E-state index contributed by atoms with van der Waals surface area (Å²) in [6.07, 6.45) is -10.5. The molecule has 2 aromatic rings. The number of rotatable bonds is 7. The molecule has 6 nitrogen and oxygen atoms in total. The highest BCUT2D eigenvalue weighted by Gasteiger charge is 2.37. The number of hydrogen-bond donors (Lipinski definition) is 3. The minimum absolute atomic E-state index is 0. The Bertz CT molecular complexity index is 943. The molecular formula is C22H24ClF6N3O3. The summed E-state index contributed by atoms with van der Waals surface area (Å²) >= 11 is 0. The van der Waals surface area contributed by atoms with Gasteiger partial charge in [-0.2, -0.15) is 26.3 Å². The fraction of sp³-hybridized carbons (Fsp3) is 0.409. The molecule has 0 bridgehead atoms. The van der Waals surface area contributed by atoms with E-state index in [1.54, 1.807) is 18.2 Å². The number of halogens is 7. The van der Waals surface area contributed by atoms with Crippen LogP contribution in [-0.2, 0) is 23.7 Å². The zero-order valence-corrected chi connectivity index (χ0v) is 19.0. The number of ether oxygens (including phenoxy) is 1. The van der Waals surface area contributed by atoms with Gasteiger partial charge in [0.2, 0.25) is 0 Å². The maximum absolute atomic E-state index is 13.2. The lowest BCUT2D eigenvalue weighted by Crippen LogP contribution is -2.50. The fourth-order valence-electron chi connectivity index (χ4n) is 3.98. The molecule has 1 aliphatic heterocycles. The van der Waals surface area contributed by atoms with Crippen molar-refractivity contribution in [3.05, 3.63) is 70.8 Å². The van der Waals surface area contributed by atoms with E-state index < -0.39 is 48.3 Å². The zero-order valence-electron chi connectivity index (χ0n) is 18.2. The highest BCUT2D eigenvalue weighted by molar-refractivity contribution is 5.85. The van der Waals surface area contributed by atoms with Crippen LogP contribution in [0.3, 0.4) is 0 Å². The zero-order chi connectivity index (χ0) is 24.9. The van der Waals surface area contributed by atoms with Gasteiger partial charge in [-0.25, -0.2) is 10.2 Å². The molecule has 0 radical (unpaired) electrons. The lowest BCUT2D eigenvalue weighted by Gasteiger charge is -2.41. The van der Waals surface area contributed by atoms with Crippen LogP contribution in [0.2, 0.25) is 0 Å². The van der Waals surface area contributed by atoms with Crippen LogP contribution in [0.15, 0.2) is 48.5 Å². The summed E-state index contributed by atoms with van der Waals surface area (Å²) in [5.41, 5.74) is 2.41. The quantitative estimate of drug-likeness (QED) is 0.323. The van der Waals surface area contributed by atoms with Crippen molar-refractivity contribution >= 4 is 18.5 Å². The van der Waals surface area contributed by atoms with Crippen LogP contribution in [0.1, 0.15) is 41.1 Å². The second-order valence-corrected chi connectivity index (χ2v) is 7.84. The van der Waals surface area contributed by atoms with Crippen LogP contribution in [-0.4, -0.2) is 35.4 Å². The summed E-state index contributed by atoms with van der Waals surface area (Å²) in [6.45, 7) is 0.249. The maximum atomic E-state index is 13.2. The van der Waals surface area contributed by atoms with Gasteiger partial charge in [0, 0.05) is 6.54 Å². The summed E-state index contributed by atoms with van der Waals surface area (Å²) in [6, 6.07) is 10.1. The number of nitrogens with one attached hydrogen (secondary N) is 2. The summed E-state index contributed by atoms with van der Waals surface area (Å²) < 4.78 is 84.9. The van der Waals surface area contributed by atoms with Gasteiger partial charge in [0.05, 0.1) is 36.5 Å². The molecule has 1 heterocycles. The number of carbonyl (C=O) groups is 1. The Kier molecular flexibility index (Phi) is 9.78. The molecule has 3 rings (SSSR count). The second-order valence-electron chi connectivity index (χ2n) is 7.84. The van der Waals surface area contributed by atoms with E-state index in [1.165, 1.54) is 0 Å². The molecule has 1 aliphatic rings. The molecule has 2 atom stereocenters. The van der Waals surface area contributed by atoms with Crippen LogP contribution in [0.5, 0.6) is 0 Å². The molecule has 0 saturated carbocycles. The maximum Gasteiger partial charge on any atom is 0.419 e. The fourth-order valence-corrected chi connectivity index (χ4v) is 3.98. The first-order chi connectivity index (χ1) is 15.9. The average molecular weight is 528 g/mol. The molecule has 194 valence electrons. The normalized spacial score (nSPS) is 19.1. The molecular weight excluding hydrogens is 504 g/mol. The summed E-state index contributed by atoms with van der Waals surface area (Å²) in [5.74, 6) is 0. The molecule has 1 fully saturated rings. The van der Waals surface area contributed by atoms with E-state index in [0.717, 1.165) is 5.56 Å². The molecule has 35 heavy (non-hydrogen) atoms. The number of hydrogen-bond acceptors (Lipinski definition) is 4. The Balaban J connectivity index is 0.00000432. The first kappa shape index (κ1) is 28.7. The highest BCUT2D eigenvalue weighted by atomic mass is 35.5. The summed E-state index contributed by atoms with van der Waals surface area (Å²) in [5, 5.41) is 8.77. The minimum atomic E-state index is -4.94. The van der Waals surface area contributed by atoms with Gasteiger partial charge in [-0.1, -0.05) is 30.3 Å². The number of carboxylic acid groups (broad SMARTS) is 1. The number of nitrogens with zero attached hydrogens (tertiary/aromatic N) is 1. The number of alkyl halides is 6. The Hall–Kier alpha value is -2.54. The lowest BCUT2D eigenvalue weighted by atomic mass is 9.92. The number of hydrazine groups is 1. The third-order valence-electron chi connectivity index (χ3n) is 5.41. The number of piperidine rings is 1. The number of benzene rings is 2. The van der Waals surface area contributed by atoms with E-state index in [9.17, 15) is 31.1 Å². The average Bonchev–Trinajstić information content (AvgIpc) is 2.76. The number of likely N-dealkylation sites (tertiary alicyclic amines) is 1. The van der Waals surface area contributed by atoms with Gasteiger partial charge >= 0.3 is 18.4 Å². The Morgan fingerprint density at radius 3 is 2.17 bits per heavy atom. The highest BCUT2D eigenvalue weighted by Crippen LogP contribution is 2.37. The monoisotopic (exact) mass is 527 g/mol. The lowest BCUT2D eigenvalue weighted by molar-refractivity contribution is -0.143. The second kappa shape index (κ2) is 11.9. The van der Waals surface area contributed by atoms with Crippen molar-refractivity contribution in [3.8, 4) is 0 Å². The van der Waals surface area contributed by atoms with Gasteiger partial charge in [-0.15, -0.1) is 12.4 Å². The smallest absolute Gasteiger partial charge is 0.419 e. The van der Waals surface area contributed by atoms with Gasteiger partial charge in [0.25, 0.3) is 0 Å². The summed E-state index contributed by atoms with van der Waals surface area (Å²) in [4.78, 5) is 12.6. The number of amides is 1. The van der Waals surface area contributed by atoms with Crippen molar-refractivity contribution < 1.29 is 41.0 Å². The van der Waals surface area contributed by atoms with Crippen LogP contribution in [0.4, 0.5) is 31.1 Å². The first-order valence-electron chi connectivity index (χ1n) is 10.4. The predicted molar refractivity (Wildman–Crippen MR) is 117 cm³/mol. The molecule has 1 amide bonds. The van der Waals surface area contributed by atoms with Gasteiger partial charge in [0.15, 0.2) is 0 Å². The molecule has 2 aromatic carbocycles. The van der Waals surface area contributed by atoms with Crippen molar-refractivity contribution in [2.75, 3.05) is 13.2 Å². The predicted octanol–water partition coefficient (Wildman–Crippen LogP) is 5.60. The van der Waals surface area contributed by atoms with Crippen molar-refractivity contribution in [1.29, 1.82) is 0 Å². The van der Waals surface area contributed by atoms with Gasteiger partial charge in [-0.05, 0) is 42.2 Å². The van der Waals surface area contributed by atoms with Crippen molar-refractivity contribution in [3.63, 3.8) is 0 Å². The van der Waals surface area contributed by atoms with E-state index in [-0.39, 0.29) is 30.7 Å². The molecule has 3 N–H and O–H groups in total. The van der Waals surface area contributed by atoms with Gasteiger partial charge < -0.3 is 9.84 Å². The van der Waals surface area contributed by atoms with Crippen LogP contribution in [0, 0.1) is 0 Å². The van der Waals surface area contributed by atoms with Crippen LogP contribution >= 0.6 is 12.4 Å². The first-order valence-corrected chi connectivity index (χ1v) is 10.4. The van der Waals surface area contributed by atoms with E-state index in [1.807, 2.05) is 22.5 Å².